The molecule has 4 aromatic rings. The summed E-state index contributed by atoms with van der Waals surface area (Å²) in [5, 5.41) is 0. The summed E-state index contributed by atoms with van der Waals surface area (Å²) in [6.07, 6.45) is 1.17. The smallest absolute Gasteiger partial charge is 0.161 e. The van der Waals surface area contributed by atoms with Crippen molar-refractivity contribution in [2.24, 2.45) is 5.92 Å². The maximum Gasteiger partial charge on any atom is 0.161 e. The fourth-order valence-corrected chi connectivity index (χ4v) is 4.29. The van der Waals surface area contributed by atoms with Crippen LogP contribution in [0.15, 0.2) is 72.8 Å². The highest BCUT2D eigenvalue weighted by Gasteiger charge is 2.28. The van der Waals surface area contributed by atoms with Gasteiger partial charge in [-0.15, -0.1) is 0 Å². The zero-order chi connectivity index (χ0) is 23.3. The Kier molecular flexibility index (Phi) is 6.70. The Balaban J connectivity index is 1.39. The maximum atomic E-state index is 5.92. The highest BCUT2D eigenvalue weighted by Crippen LogP contribution is 2.25. The molecule has 5 rings (SSSR count). The van der Waals surface area contributed by atoms with Crippen LogP contribution in [0.5, 0.6) is 0 Å². The predicted molar refractivity (Wildman–Crippen MR) is 131 cm³/mol. The minimum absolute atomic E-state index is 0.0870. The van der Waals surface area contributed by atoms with Crippen LogP contribution >= 0.6 is 0 Å². The third-order valence-corrected chi connectivity index (χ3v) is 5.89. The number of hydrogen-bond donors (Lipinski definition) is 0. The molecule has 6 nitrogen and oxygen atoms in total. The molecule has 0 aromatic carbocycles. The van der Waals surface area contributed by atoms with Gasteiger partial charge in [-0.25, -0.2) is 0 Å². The SMILES string of the molecule is Cc1cccc(-c2cccc(CC(Cc3cccc(-c4cccc(C)n4)n3)C3OCCO3)n2)n1. The summed E-state index contributed by atoms with van der Waals surface area (Å²) in [6.45, 7) is 5.21. The Labute approximate surface area is 200 Å². The van der Waals surface area contributed by atoms with Gasteiger partial charge in [-0.3, -0.25) is 19.9 Å². The second kappa shape index (κ2) is 10.2. The highest BCUT2D eigenvalue weighted by atomic mass is 16.7. The van der Waals surface area contributed by atoms with Crippen molar-refractivity contribution in [2.45, 2.75) is 33.0 Å². The Morgan fingerprint density at radius 1 is 0.618 bits per heavy atom. The van der Waals surface area contributed by atoms with Crippen molar-refractivity contribution in [2.75, 3.05) is 13.2 Å². The Bertz CT molecular complexity index is 1180. The molecule has 4 aromatic heterocycles. The molecular formula is C28H28N4O2. The number of nitrogens with zero attached hydrogens (tertiary/aromatic N) is 4. The summed E-state index contributed by atoms with van der Waals surface area (Å²) < 4.78 is 11.8. The second-order valence-corrected chi connectivity index (χ2v) is 8.64. The largest absolute Gasteiger partial charge is 0.350 e. The van der Waals surface area contributed by atoms with Crippen LogP contribution in [0.4, 0.5) is 0 Å². The average molecular weight is 453 g/mol. The van der Waals surface area contributed by atoms with Gasteiger partial charge in [0.05, 0.1) is 36.0 Å². The summed E-state index contributed by atoms with van der Waals surface area (Å²) in [5.74, 6) is 0.0870. The molecule has 0 amide bonds. The third-order valence-electron chi connectivity index (χ3n) is 5.89. The zero-order valence-corrected chi connectivity index (χ0v) is 19.5. The number of aryl methyl sites for hydroxylation is 2. The molecule has 0 aliphatic carbocycles. The molecule has 0 spiro atoms. The monoisotopic (exact) mass is 452 g/mol. The summed E-state index contributed by atoms with van der Waals surface area (Å²) in [4.78, 5) is 19.1. The van der Waals surface area contributed by atoms with Crippen molar-refractivity contribution in [3.05, 3.63) is 95.6 Å². The third kappa shape index (κ3) is 5.35. The molecule has 0 saturated carbocycles. The first-order valence-corrected chi connectivity index (χ1v) is 11.7. The van der Waals surface area contributed by atoms with Crippen LogP contribution in [0, 0.1) is 19.8 Å². The van der Waals surface area contributed by atoms with E-state index in [1.165, 1.54) is 0 Å². The van der Waals surface area contributed by atoms with Gasteiger partial charge in [0.2, 0.25) is 0 Å². The molecule has 1 saturated heterocycles. The van der Waals surface area contributed by atoms with Crippen LogP contribution < -0.4 is 0 Å². The lowest BCUT2D eigenvalue weighted by atomic mass is 9.95. The van der Waals surface area contributed by atoms with E-state index in [0.717, 1.165) is 58.4 Å². The molecule has 1 fully saturated rings. The van der Waals surface area contributed by atoms with Gasteiger partial charge in [0.15, 0.2) is 6.29 Å². The van der Waals surface area contributed by atoms with Crippen LogP contribution in [-0.4, -0.2) is 39.4 Å². The van der Waals surface area contributed by atoms with Crippen LogP contribution in [0.2, 0.25) is 0 Å². The first-order valence-electron chi connectivity index (χ1n) is 11.7. The van der Waals surface area contributed by atoms with Gasteiger partial charge < -0.3 is 9.47 Å². The Hall–Kier alpha value is -3.48. The summed E-state index contributed by atoms with van der Waals surface area (Å²) in [6, 6.07) is 24.2. The van der Waals surface area contributed by atoms with E-state index in [0.29, 0.717) is 13.2 Å². The molecule has 0 radical (unpaired) electrons. The minimum atomic E-state index is -0.273. The van der Waals surface area contributed by atoms with E-state index in [2.05, 4.69) is 22.1 Å². The first-order chi connectivity index (χ1) is 16.6. The highest BCUT2D eigenvalue weighted by molar-refractivity contribution is 5.55. The molecule has 172 valence electrons. The summed E-state index contributed by atoms with van der Waals surface area (Å²) in [5.41, 5.74) is 7.44. The van der Waals surface area contributed by atoms with Crippen molar-refractivity contribution in [3.63, 3.8) is 0 Å². The lowest BCUT2D eigenvalue weighted by molar-refractivity contribution is -0.0834. The molecule has 0 N–H and O–H groups in total. The topological polar surface area (TPSA) is 70.0 Å². The Morgan fingerprint density at radius 3 is 1.47 bits per heavy atom. The summed E-state index contributed by atoms with van der Waals surface area (Å²) >= 11 is 0. The van der Waals surface area contributed by atoms with E-state index < -0.39 is 0 Å². The maximum absolute atomic E-state index is 5.92. The van der Waals surface area contributed by atoms with Gasteiger partial charge >= 0.3 is 0 Å². The summed E-state index contributed by atoms with van der Waals surface area (Å²) in [7, 11) is 0. The standard InChI is InChI=1S/C28H28N4O2/c1-19-7-3-11-24(29-19)26-13-5-9-22(31-26)17-21(28-33-15-16-34-28)18-23-10-6-14-27(32-23)25-12-4-8-20(2)30-25/h3-14,21,28H,15-18H2,1-2H3. The molecule has 5 heterocycles. The molecule has 6 heteroatoms. The molecule has 0 unspecified atom stereocenters. The quantitative estimate of drug-likeness (QED) is 0.393. The number of ether oxygens (including phenoxy) is 2. The van der Waals surface area contributed by atoms with Crippen molar-refractivity contribution in [3.8, 4) is 22.8 Å². The fourth-order valence-electron chi connectivity index (χ4n) is 4.29. The van der Waals surface area contributed by atoms with Crippen LogP contribution in [0.25, 0.3) is 22.8 Å². The van der Waals surface area contributed by atoms with Gasteiger partial charge in [-0.2, -0.15) is 0 Å². The molecule has 1 aliphatic heterocycles. The number of hydrogen-bond acceptors (Lipinski definition) is 6. The van der Waals surface area contributed by atoms with Gasteiger partial charge in [0, 0.05) is 28.7 Å². The second-order valence-electron chi connectivity index (χ2n) is 8.64. The molecular weight excluding hydrogens is 424 g/mol. The van der Waals surface area contributed by atoms with E-state index in [9.17, 15) is 0 Å². The van der Waals surface area contributed by atoms with Gasteiger partial charge in [-0.05, 0) is 75.2 Å². The zero-order valence-electron chi connectivity index (χ0n) is 19.5. The number of rotatable bonds is 7. The van der Waals surface area contributed by atoms with Crippen molar-refractivity contribution in [1.82, 2.24) is 19.9 Å². The van der Waals surface area contributed by atoms with Crippen LogP contribution in [0.3, 0.4) is 0 Å². The number of pyridine rings is 4. The molecule has 1 aliphatic rings. The van der Waals surface area contributed by atoms with Crippen molar-refractivity contribution < 1.29 is 9.47 Å². The Morgan fingerprint density at radius 2 is 1.03 bits per heavy atom. The first kappa shape index (κ1) is 22.3. The lowest BCUT2D eigenvalue weighted by Gasteiger charge is -2.22. The minimum Gasteiger partial charge on any atom is -0.350 e. The van der Waals surface area contributed by atoms with E-state index in [-0.39, 0.29) is 12.2 Å². The fraction of sp³-hybridized carbons (Fsp3) is 0.286. The van der Waals surface area contributed by atoms with Gasteiger partial charge in [0.25, 0.3) is 0 Å². The molecule has 34 heavy (non-hydrogen) atoms. The molecule has 0 atom stereocenters. The van der Waals surface area contributed by atoms with E-state index in [1.54, 1.807) is 0 Å². The van der Waals surface area contributed by atoms with Gasteiger partial charge in [-0.1, -0.05) is 24.3 Å². The van der Waals surface area contributed by atoms with Crippen LogP contribution in [-0.2, 0) is 22.3 Å². The molecule has 0 bridgehead atoms. The van der Waals surface area contributed by atoms with Crippen LogP contribution in [0.1, 0.15) is 22.8 Å². The van der Waals surface area contributed by atoms with Crippen molar-refractivity contribution in [1.29, 1.82) is 0 Å². The van der Waals surface area contributed by atoms with Gasteiger partial charge in [0.1, 0.15) is 0 Å². The normalized spacial score (nSPS) is 14.1. The van der Waals surface area contributed by atoms with E-state index in [4.69, 9.17) is 19.4 Å². The number of aromatic nitrogens is 4. The predicted octanol–water partition coefficient (Wildman–Crippen LogP) is 4.99. The van der Waals surface area contributed by atoms with E-state index in [1.807, 2.05) is 74.5 Å². The van der Waals surface area contributed by atoms with Crippen molar-refractivity contribution >= 4 is 0 Å². The average Bonchev–Trinajstić information content (AvgIpc) is 3.39. The lowest BCUT2D eigenvalue weighted by Crippen LogP contribution is -2.26. The van der Waals surface area contributed by atoms with E-state index >= 15 is 0 Å².